The smallest absolute Gasteiger partial charge is 0.302 e. The Morgan fingerprint density at radius 1 is 0.536 bits per heavy atom. The molecule has 28 heavy (non-hydrogen) atoms. The molecule has 170 valence electrons. The van der Waals surface area contributed by atoms with Gasteiger partial charge < -0.3 is 18.9 Å². The molecule has 0 aromatic heterocycles. The van der Waals surface area contributed by atoms with Gasteiger partial charge >= 0.3 is 23.9 Å². The molecule has 0 unspecified atom stereocenters. The van der Waals surface area contributed by atoms with Gasteiger partial charge in [0.1, 0.15) is 0 Å². The van der Waals surface area contributed by atoms with Gasteiger partial charge in [-0.3, -0.25) is 19.2 Å². The monoisotopic (exact) mass is 470 g/mol. The summed E-state index contributed by atoms with van der Waals surface area (Å²) in [6.07, 6.45) is 0. The molecule has 8 nitrogen and oxygen atoms in total. The predicted molar refractivity (Wildman–Crippen MR) is 111 cm³/mol. The van der Waals surface area contributed by atoms with Crippen LogP contribution < -0.4 is 0 Å². The number of ether oxygens (including phenoxy) is 4. The molecule has 0 N–H and O–H groups in total. The van der Waals surface area contributed by atoms with Crippen LogP contribution in [-0.2, 0) is 38.1 Å². The van der Waals surface area contributed by atoms with E-state index >= 15 is 0 Å². The number of esters is 4. The van der Waals surface area contributed by atoms with Crippen molar-refractivity contribution in [1.29, 1.82) is 0 Å². The maximum atomic E-state index is 9.82. The summed E-state index contributed by atoms with van der Waals surface area (Å²) in [5.74, 6) is -0.843. The highest BCUT2D eigenvalue weighted by atomic mass is 35.6. The van der Waals surface area contributed by atoms with Crippen LogP contribution in [0.25, 0.3) is 0 Å². The van der Waals surface area contributed by atoms with Crippen molar-refractivity contribution in [1.82, 2.24) is 0 Å². The van der Waals surface area contributed by atoms with Gasteiger partial charge in [0.25, 0.3) is 0 Å². The minimum atomic E-state index is -0.750. The summed E-state index contributed by atoms with van der Waals surface area (Å²) in [7, 11) is 0. The molecular weight excluding hydrogens is 439 g/mol. The van der Waals surface area contributed by atoms with Crippen molar-refractivity contribution < 1.29 is 38.1 Å². The van der Waals surface area contributed by atoms with Gasteiger partial charge in [-0.25, -0.2) is 0 Å². The SMILES string of the molecule is CCOC(C)=O.CCOC(C)=O.CCOC(C)=O.CCOC(C)=O.ClC(Cl)Cl. The highest BCUT2D eigenvalue weighted by molar-refractivity contribution is 6.63. The Kier molecular flexibility index (Phi) is 44.6. The Bertz CT molecular complexity index is 311. The van der Waals surface area contributed by atoms with Crippen molar-refractivity contribution in [2.75, 3.05) is 26.4 Å². The summed E-state index contributed by atoms with van der Waals surface area (Å²) in [5, 5.41) is 0. The summed E-state index contributed by atoms with van der Waals surface area (Å²) in [4.78, 5) is 39.3. The molecule has 0 aliphatic heterocycles. The lowest BCUT2D eigenvalue weighted by Crippen LogP contribution is -1.95. The van der Waals surface area contributed by atoms with Gasteiger partial charge in [-0.15, -0.1) is 0 Å². The van der Waals surface area contributed by atoms with Gasteiger partial charge in [-0.1, -0.05) is 34.8 Å². The second kappa shape index (κ2) is 33.3. The van der Waals surface area contributed by atoms with E-state index in [-0.39, 0.29) is 23.9 Å². The van der Waals surface area contributed by atoms with Crippen molar-refractivity contribution in [2.45, 2.75) is 59.7 Å². The molecule has 0 rings (SSSR count). The van der Waals surface area contributed by atoms with E-state index in [1.54, 1.807) is 27.7 Å². The van der Waals surface area contributed by atoms with Crippen LogP contribution in [0.5, 0.6) is 0 Å². The third-order valence-electron chi connectivity index (χ3n) is 1.39. The van der Waals surface area contributed by atoms with Crippen LogP contribution in [0.1, 0.15) is 55.4 Å². The third-order valence-corrected chi connectivity index (χ3v) is 1.39. The molecule has 0 heterocycles. The van der Waals surface area contributed by atoms with E-state index in [4.69, 9.17) is 34.8 Å². The second-order valence-corrected chi connectivity index (χ2v) is 5.93. The molecular formula is C17H33Cl3O8. The van der Waals surface area contributed by atoms with Crippen molar-refractivity contribution in [2.24, 2.45) is 0 Å². The van der Waals surface area contributed by atoms with Gasteiger partial charge in [0, 0.05) is 27.7 Å². The Morgan fingerprint density at radius 3 is 0.643 bits per heavy atom. The lowest BCUT2D eigenvalue weighted by molar-refractivity contribution is -0.141. The standard InChI is InChI=1S/4C4H8O2.CHCl3/c4*1-3-6-4(2)5;2-1(3)4/h4*3H2,1-2H3;1H. The summed E-state index contributed by atoms with van der Waals surface area (Å²) < 4.78 is 16.9. The topological polar surface area (TPSA) is 105 Å². The summed E-state index contributed by atoms with van der Waals surface area (Å²) in [6.45, 7) is 14.6. The molecule has 0 aliphatic carbocycles. The first-order valence-electron chi connectivity index (χ1n) is 8.27. The summed E-state index contributed by atoms with van der Waals surface area (Å²) in [5.41, 5.74) is 0. The number of hydrogen-bond acceptors (Lipinski definition) is 8. The van der Waals surface area contributed by atoms with Crippen molar-refractivity contribution >= 4 is 58.7 Å². The number of carbonyl (C=O) groups is 4. The fraction of sp³-hybridized carbons (Fsp3) is 0.765. The molecule has 0 amide bonds. The molecule has 0 saturated heterocycles. The predicted octanol–water partition coefficient (Wildman–Crippen LogP) is 4.26. The molecule has 0 fully saturated rings. The molecule has 0 spiro atoms. The maximum Gasteiger partial charge on any atom is 0.302 e. The first-order valence-corrected chi connectivity index (χ1v) is 9.58. The maximum absolute atomic E-state index is 9.82. The van der Waals surface area contributed by atoms with E-state index in [0.717, 1.165) is 0 Å². The van der Waals surface area contributed by atoms with Crippen molar-refractivity contribution in [3.8, 4) is 0 Å². The van der Waals surface area contributed by atoms with E-state index in [0.29, 0.717) is 26.4 Å². The minimum absolute atomic E-state index is 0.211. The lowest BCUT2D eigenvalue weighted by Gasteiger charge is -1.89. The van der Waals surface area contributed by atoms with E-state index < -0.39 is 4.30 Å². The van der Waals surface area contributed by atoms with Crippen molar-refractivity contribution in [3.63, 3.8) is 0 Å². The zero-order chi connectivity index (χ0) is 23.5. The van der Waals surface area contributed by atoms with Crippen LogP contribution in [0.15, 0.2) is 0 Å². The van der Waals surface area contributed by atoms with Gasteiger partial charge in [0.05, 0.1) is 26.4 Å². The van der Waals surface area contributed by atoms with Gasteiger partial charge in [-0.05, 0) is 27.7 Å². The zero-order valence-electron chi connectivity index (χ0n) is 17.8. The van der Waals surface area contributed by atoms with Crippen LogP contribution in [-0.4, -0.2) is 54.6 Å². The molecule has 0 aromatic carbocycles. The second-order valence-electron chi connectivity index (χ2n) is 3.95. The fourth-order valence-electron chi connectivity index (χ4n) is 0.813. The first-order chi connectivity index (χ1) is 12.8. The van der Waals surface area contributed by atoms with Gasteiger partial charge in [0.2, 0.25) is 0 Å². The van der Waals surface area contributed by atoms with Gasteiger partial charge in [0.15, 0.2) is 4.30 Å². The number of halogens is 3. The largest absolute Gasteiger partial charge is 0.466 e. The molecule has 11 heteroatoms. The Balaban J connectivity index is -0.0000000793. The number of carbonyl (C=O) groups excluding carboxylic acids is 4. The van der Waals surface area contributed by atoms with E-state index in [1.807, 2.05) is 0 Å². The minimum Gasteiger partial charge on any atom is -0.466 e. The average Bonchev–Trinajstić information content (AvgIpc) is 2.47. The Morgan fingerprint density at radius 2 is 0.643 bits per heavy atom. The average molecular weight is 472 g/mol. The summed E-state index contributed by atoms with van der Waals surface area (Å²) >= 11 is 14.4. The van der Waals surface area contributed by atoms with E-state index in [9.17, 15) is 19.2 Å². The first kappa shape index (κ1) is 37.5. The summed E-state index contributed by atoms with van der Waals surface area (Å²) in [6, 6.07) is 0. The zero-order valence-corrected chi connectivity index (χ0v) is 20.1. The number of alkyl halides is 3. The molecule has 0 aliphatic rings. The Hall–Kier alpha value is -1.25. The van der Waals surface area contributed by atoms with Crippen LogP contribution in [0.2, 0.25) is 0 Å². The molecule has 0 radical (unpaired) electrons. The highest BCUT2D eigenvalue weighted by Crippen LogP contribution is 2.03. The van der Waals surface area contributed by atoms with Crippen molar-refractivity contribution in [3.05, 3.63) is 0 Å². The quantitative estimate of drug-likeness (QED) is 0.340. The number of hydrogen-bond donors (Lipinski definition) is 0. The number of rotatable bonds is 4. The Labute approximate surface area is 183 Å². The highest BCUT2D eigenvalue weighted by Gasteiger charge is 1.83. The lowest BCUT2D eigenvalue weighted by atomic mass is 10.8. The van der Waals surface area contributed by atoms with E-state index in [1.165, 1.54) is 27.7 Å². The fourth-order valence-corrected chi connectivity index (χ4v) is 0.813. The van der Waals surface area contributed by atoms with Crippen LogP contribution in [0.3, 0.4) is 0 Å². The molecule has 0 atom stereocenters. The third kappa shape index (κ3) is 121. The van der Waals surface area contributed by atoms with Crippen LogP contribution in [0, 0.1) is 0 Å². The molecule has 0 bridgehead atoms. The van der Waals surface area contributed by atoms with Crippen LogP contribution >= 0.6 is 34.8 Å². The van der Waals surface area contributed by atoms with Gasteiger partial charge in [-0.2, -0.15) is 0 Å². The molecule has 0 aromatic rings. The van der Waals surface area contributed by atoms with E-state index in [2.05, 4.69) is 18.9 Å². The normalized spacial score (nSPS) is 7.86. The van der Waals surface area contributed by atoms with Crippen LogP contribution in [0.4, 0.5) is 0 Å². The molecule has 0 saturated carbocycles.